The van der Waals surface area contributed by atoms with Gasteiger partial charge in [-0.2, -0.15) is 4.98 Å². The van der Waals surface area contributed by atoms with Crippen LogP contribution in [-0.2, 0) is 4.74 Å². The molecular weight excluding hydrogens is 296 g/mol. The third-order valence-corrected chi connectivity index (χ3v) is 3.35. The van der Waals surface area contributed by atoms with Gasteiger partial charge in [0.25, 0.3) is 0 Å². The average molecular weight is 322 g/mol. The summed E-state index contributed by atoms with van der Waals surface area (Å²) in [4.78, 5) is 10.6. The fourth-order valence-electron chi connectivity index (χ4n) is 2.21. The molecule has 1 aromatic heterocycles. The Hall–Kier alpha value is -2.22. The summed E-state index contributed by atoms with van der Waals surface area (Å²) in [6.07, 6.45) is 0.969. The molecule has 5 N–H and O–H groups in total. The van der Waals surface area contributed by atoms with Crippen molar-refractivity contribution < 1.29 is 9.47 Å². The van der Waals surface area contributed by atoms with E-state index in [2.05, 4.69) is 27.1 Å². The number of morpholine rings is 1. The predicted octanol–water partition coefficient (Wildman–Crippen LogP) is 0.194. The highest BCUT2D eigenvalue weighted by Crippen LogP contribution is 2.23. The molecule has 1 saturated heterocycles. The van der Waals surface area contributed by atoms with E-state index in [1.54, 1.807) is 0 Å². The Balaban J connectivity index is 1.84. The SMILES string of the molecule is CCCN=C(N)NCCOc1cc(N2CCOCC2)cc(N)n1. The molecule has 8 nitrogen and oxygen atoms in total. The number of aliphatic imine (C=N–C) groups is 1. The van der Waals surface area contributed by atoms with Crippen molar-refractivity contribution in [3.8, 4) is 5.88 Å². The molecule has 0 unspecified atom stereocenters. The number of aromatic nitrogens is 1. The van der Waals surface area contributed by atoms with Gasteiger partial charge in [-0.15, -0.1) is 0 Å². The fraction of sp³-hybridized carbons (Fsp3) is 0.600. The number of nitrogens with one attached hydrogen (secondary N) is 1. The maximum absolute atomic E-state index is 5.87. The quantitative estimate of drug-likeness (QED) is 0.373. The first-order chi connectivity index (χ1) is 11.2. The Bertz CT molecular complexity index is 517. The van der Waals surface area contributed by atoms with Gasteiger partial charge in [0.05, 0.1) is 19.8 Å². The van der Waals surface area contributed by atoms with Crippen molar-refractivity contribution in [2.75, 3.05) is 56.6 Å². The van der Waals surface area contributed by atoms with Crippen LogP contribution >= 0.6 is 0 Å². The van der Waals surface area contributed by atoms with Gasteiger partial charge in [-0.05, 0) is 6.42 Å². The molecule has 0 aromatic carbocycles. The minimum absolute atomic E-state index is 0.432. The first-order valence-electron chi connectivity index (χ1n) is 7.96. The molecule has 0 atom stereocenters. The molecule has 0 radical (unpaired) electrons. The molecule has 1 aromatic rings. The molecule has 0 spiro atoms. The lowest BCUT2D eigenvalue weighted by atomic mass is 10.3. The number of hydrogen-bond acceptors (Lipinski definition) is 6. The van der Waals surface area contributed by atoms with Crippen LogP contribution in [0.1, 0.15) is 13.3 Å². The van der Waals surface area contributed by atoms with E-state index in [4.69, 9.17) is 20.9 Å². The van der Waals surface area contributed by atoms with Crippen molar-refractivity contribution in [3.05, 3.63) is 12.1 Å². The second-order valence-electron chi connectivity index (χ2n) is 5.23. The van der Waals surface area contributed by atoms with Crippen LogP contribution in [0.2, 0.25) is 0 Å². The van der Waals surface area contributed by atoms with Crippen molar-refractivity contribution in [2.24, 2.45) is 10.7 Å². The van der Waals surface area contributed by atoms with E-state index < -0.39 is 0 Å². The minimum atomic E-state index is 0.432. The standard InChI is InChI=1S/C15H26N6O2/c1-2-3-18-15(17)19-4-7-23-14-11-12(10-13(16)20-14)21-5-8-22-9-6-21/h10-11H,2-9H2,1H3,(H2,16,20)(H3,17,18,19). The predicted molar refractivity (Wildman–Crippen MR) is 92.0 cm³/mol. The van der Waals surface area contributed by atoms with Gasteiger partial charge in [-0.25, -0.2) is 0 Å². The minimum Gasteiger partial charge on any atom is -0.476 e. The van der Waals surface area contributed by atoms with Gasteiger partial charge in [0.1, 0.15) is 12.4 Å². The molecule has 2 heterocycles. The van der Waals surface area contributed by atoms with Gasteiger partial charge in [0, 0.05) is 37.5 Å². The fourth-order valence-corrected chi connectivity index (χ4v) is 2.21. The van der Waals surface area contributed by atoms with Gasteiger partial charge in [-0.3, -0.25) is 4.99 Å². The Morgan fingerprint density at radius 3 is 2.96 bits per heavy atom. The highest BCUT2D eigenvalue weighted by Gasteiger charge is 2.13. The van der Waals surface area contributed by atoms with E-state index in [9.17, 15) is 0 Å². The summed E-state index contributed by atoms with van der Waals surface area (Å²) in [7, 11) is 0. The van der Waals surface area contributed by atoms with Crippen LogP contribution < -0.4 is 26.4 Å². The van der Waals surface area contributed by atoms with Crippen LogP contribution in [-0.4, -0.2) is 56.9 Å². The smallest absolute Gasteiger partial charge is 0.217 e. The Morgan fingerprint density at radius 2 is 2.22 bits per heavy atom. The van der Waals surface area contributed by atoms with E-state index in [-0.39, 0.29) is 0 Å². The van der Waals surface area contributed by atoms with Gasteiger partial charge < -0.3 is 31.2 Å². The Labute approximate surface area is 136 Å². The second kappa shape index (κ2) is 9.04. The van der Waals surface area contributed by atoms with Gasteiger partial charge >= 0.3 is 0 Å². The summed E-state index contributed by atoms with van der Waals surface area (Å²) in [6.45, 7) is 6.89. The lowest BCUT2D eigenvalue weighted by Crippen LogP contribution is -2.36. The molecule has 2 rings (SSSR count). The normalized spacial score (nSPS) is 15.5. The zero-order chi connectivity index (χ0) is 16.5. The maximum Gasteiger partial charge on any atom is 0.217 e. The van der Waals surface area contributed by atoms with Crippen LogP contribution in [0.4, 0.5) is 11.5 Å². The van der Waals surface area contributed by atoms with Crippen molar-refractivity contribution >= 4 is 17.5 Å². The van der Waals surface area contributed by atoms with Crippen LogP contribution in [0.5, 0.6) is 5.88 Å². The number of nitrogen functional groups attached to an aromatic ring is 1. The summed E-state index contributed by atoms with van der Waals surface area (Å²) in [5, 5.41) is 3.00. The molecule has 128 valence electrons. The number of nitrogens with two attached hydrogens (primary N) is 2. The number of hydrogen-bond donors (Lipinski definition) is 3. The monoisotopic (exact) mass is 322 g/mol. The molecule has 1 aliphatic rings. The maximum atomic E-state index is 5.87. The van der Waals surface area contributed by atoms with E-state index in [0.717, 1.165) is 45.0 Å². The summed E-state index contributed by atoms with van der Waals surface area (Å²) in [5.41, 5.74) is 12.6. The number of rotatable bonds is 7. The van der Waals surface area contributed by atoms with Crippen LogP contribution in [0, 0.1) is 0 Å². The number of pyridine rings is 1. The first-order valence-corrected chi connectivity index (χ1v) is 7.96. The second-order valence-corrected chi connectivity index (χ2v) is 5.23. The highest BCUT2D eigenvalue weighted by atomic mass is 16.5. The first kappa shape index (κ1) is 17.1. The average Bonchev–Trinajstić information content (AvgIpc) is 2.57. The molecule has 0 aliphatic carbocycles. The number of anilines is 2. The zero-order valence-corrected chi connectivity index (χ0v) is 13.6. The summed E-state index contributed by atoms with van der Waals surface area (Å²) in [6, 6.07) is 3.75. The van der Waals surface area contributed by atoms with E-state index in [0.29, 0.717) is 30.8 Å². The molecule has 0 amide bonds. The zero-order valence-electron chi connectivity index (χ0n) is 13.6. The van der Waals surface area contributed by atoms with Crippen molar-refractivity contribution in [3.63, 3.8) is 0 Å². The summed E-state index contributed by atoms with van der Waals surface area (Å²) in [5.74, 6) is 1.39. The molecule has 8 heteroatoms. The van der Waals surface area contributed by atoms with Crippen molar-refractivity contribution in [1.82, 2.24) is 10.3 Å². The van der Waals surface area contributed by atoms with Crippen molar-refractivity contribution in [1.29, 1.82) is 0 Å². The molecule has 0 bridgehead atoms. The van der Waals surface area contributed by atoms with Crippen LogP contribution in [0.25, 0.3) is 0 Å². The molecule has 23 heavy (non-hydrogen) atoms. The van der Waals surface area contributed by atoms with Crippen LogP contribution in [0.3, 0.4) is 0 Å². The lowest BCUT2D eigenvalue weighted by molar-refractivity contribution is 0.122. The Kier molecular flexibility index (Phi) is 6.74. The number of guanidine groups is 1. The van der Waals surface area contributed by atoms with E-state index >= 15 is 0 Å². The largest absolute Gasteiger partial charge is 0.476 e. The summed E-state index contributed by atoms with van der Waals surface area (Å²) < 4.78 is 11.0. The number of nitrogens with zero attached hydrogens (tertiary/aromatic N) is 3. The third kappa shape index (κ3) is 5.82. The molecule has 1 aliphatic heterocycles. The highest BCUT2D eigenvalue weighted by molar-refractivity contribution is 5.77. The van der Waals surface area contributed by atoms with Crippen molar-refractivity contribution in [2.45, 2.75) is 13.3 Å². The topological polar surface area (TPSA) is 111 Å². The number of ether oxygens (including phenoxy) is 2. The van der Waals surface area contributed by atoms with E-state index in [1.165, 1.54) is 0 Å². The van der Waals surface area contributed by atoms with Crippen LogP contribution in [0.15, 0.2) is 17.1 Å². The van der Waals surface area contributed by atoms with E-state index in [1.807, 2.05) is 12.1 Å². The molecular formula is C15H26N6O2. The van der Waals surface area contributed by atoms with Gasteiger partial charge in [0.2, 0.25) is 5.88 Å². The molecule has 1 fully saturated rings. The van der Waals surface area contributed by atoms with Gasteiger partial charge in [-0.1, -0.05) is 6.92 Å². The Morgan fingerprint density at radius 1 is 1.43 bits per heavy atom. The van der Waals surface area contributed by atoms with Gasteiger partial charge in [0.15, 0.2) is 5.96 Å². The lowest BCUT2D eigenvalue weighted by Gasteiger charge is -2.29. The molecule has 0 saturated carbocycles. The third-order valence-electron chi connectivity index (χ3n) is 3.35. The summed E-state index contributed by atoms with van der Waals surface area (Å²) >= 11 is 0.